The van der Waals surface area contributed by atoms with Crippen LogP contribution in [0.25, 0.3) is 5.57 Å². The molecule has 0 fully saturated rings. The Bertz CT molecular complexity index is 803. The molecular weight excluding hydrogens is 332 g/mol. The van der Waals surface area contributed by atoms with Crippen molar-refractivity contribution in [2.45, 2.75) is 65.4 Å². The maximum atomic E-state index is 10.9. The summed E-state index contributed by atoms with van der Waals surface area (Å²) in [5.41, 5.74) is 3.80. The van der Waals surface area contributed by atoms with E-state index in [1.807, 2.05) is 24.3 Å². The highest BCUT2D eigenvalue weighted by molar-refractivity contribution is 5.86. The lowest BCUT2D eigenvalue weighted by atomic mass is 9.88. The summed E-state index contributed by atoms with van der Waals surface area (Å²) in [6.45, 7) is 8.65. The molecule has 0 aliphatic carbocycles. The molecule has 2 aromatic carbocycles. The van der Waals surface area contributed by atoms with E-state index in [2.05, 4.69) is 52.0 Å². The standard InChI is InChI=1S/C25H32O2/c1-5-6-7-9-12-19-16-22(26)24-21(20-13-10-8-11-14-20)15-18(2)25(3,4)27-23(24)17-19/h8,10-11,13-18,26H,5-7,9,12H2,1-4H3. The molecule has 1 aliphatic rings. The van der Waals surface area contributed by atoms with E-state index < -0.39 is 0 Å². The number of phenols is 1. The van der Waals surface area contributed by atoms with E-state index in [0.29, 0.717) is 5.75 Å². The summed E-state index contributed by atoms with van der Waals surface area (Å²) in [7, 11) is 0. The van der Waals surface area contributed by atoms with Gasteiger partial charge in [0.05, 0.1) is 5.56 Å². The first-order valence-corrected chi connectivity index (χ1v) is 10.2. The van der Waals surface area contributed by atoms with E-state index in [0.717, 1.165) is 40.9 Å². The molecule has 2 nitrogen and oxygen atoms in total. The molecule has 0 amide bonds. The molecular formula is C25H32O2. The van der Waals surface area contributed by atoms with Gasteiger partial charge in [-0.05, 0) is 55.5 Å². The Kier molecular flexibility index (Phi) is 5.94. The molecule has 1 atom stereocenters. The number of rotatable bonds is 6. The molecule has 144 valence electrons. The molecule has 27 heavy (non-hydrogen) atoms. The van der Waals surface area contributed by atoms with E-state index in [1.54, 1.807) is 0 Å². The average molecular weight is 365 g/mol. The van der Waals surface area contributed by atoms with Gasteiger partial charge in [0.15, 0.2) is 0 Å². The van der Waals surface area contributed by atoms with Crippen LogP contribution in [0.15, 0.2) is 48.5 Å². The summed E-state index contributed by atoms with van der Waals surface area (Å²) in [6, 6.07) is 14.3. The number of phenolic OH excluding ortho intramolecular Hbond substituents is 1. The fraction of sp³-hybridized carbons (Fsp3) is 0.440. The molecule has 1 N–H and O–H groups in total. The van der Waals surface area contributed by atoms with Crippen LogP contribution in [0.3, 0.4) is 0 Å². The lowest BCUT2D eigenvalue weighted by molar-refractivity contribution is 0.0734. The monoisotopic (exact) mass is 364 g/mol. The fourth-order valence-electron chi connectivity index (χ4n) is 3.68. The Morgan fingerprint density at radius 3 is 2.48 bits per heavy atom. The number of aromatic hydroxyl groups is 1. The van der Waals surface area contributed by atoms with E-state index in [4.69, 9.17) is 4.74 Å². The van der Waals surface area contributed by atoms with Crippen molar-refractivity contribution in [2.24, 2.45) is 5.92 Å². The van der Waals surface area contributed by atoms with Gasteiger partial charge in [-0.2, -0.15) is 0 Å². The fourth-order valence-corrected chi connectivity index (χ4v) is 3.68. The highest BCUT2D eigenvalue weighted by Gasteiger charge is 2.33. The molecule has 1 unspecified atom stereocenters. The van der Waals surface area contributed by atoms with Crippen molar-refractivity contribution in [3.63, 3.8) is 0 Å². The quantitative estimate of drug-likeness (QED) is 0.574. The maximum absolute atomic E-state index is 10.9. The molecule has 0 radical (unpaired) electrons. The number of hydrogen-bond donors (Lipinski definition) is 1. The third-order valence-corrected chi connectivity index (χ3v) is 5.70. The average Bonchev–Trinajstić information content (AvgIpc) is 2.73. The van der Waals surface area contributed by atoms with Crippen LogP contribution >= 0.6 is 0 Å². The lowest BCUT2D eigenvalue weighted by Crippen LogP contribution is -2.34. The highest BCUT2D eigenvalue weighted by atomic mass is 16.5. The third kappa shape index (κ3) is 4.37. The van der Waals surface area contributed by atoms with Crippen LogP contribution in [0.4, 0.5) is 0 Å². The molecule has 0 bridgehead atoms. The predicted molar refractivity (Wildman–Crippen MR) is 113 cm³/mol. The van der Waals surface area contributed by atoms with E-state index in [1.165, 1.54) is 19.3 Å². The van der Waals surface area contributed by atoms with Crippen molar-refractivity contribution in [1.82, 2.24) is 0 Å². The molecule has 1 aliphatic heterocycles. The predicted octanol–water partition coefficient (Wildman–Crippen LogP) is 6.75. The summed E-state index contributed by atoms with van der Waals surface area (Å²) < 4.78 is 6.45. The minimum absolute atomic E-state index is 0.215. The molecule has 1 heterocycles. The van der Waals surface area contributed by atoms with Crippen molar-refractivity contribution in [3.05, 3.63) is 65.2 Å². The van der Waals surface area contributed by atoms with Gasteiger partial charge in [-0.15, -0.1) is 0 Å². The van der Waals surface area contributed by atoms with Crippen LogP contribution in [0, 0.1) is 5.92 Å². The number of hydrogen-bond acceptors (Lipinski definition) is 2. The molecule has 0 saturated heterocycles. The Hall–Kier alpha value is -2.22. The van der Waals surface area contributed by atoms with Gasteiger partial charge in [-0.25, -0.2) is 0 Å². The van der Waals surface area contributed by atoms with Gasteiger partial charge in [0.25, 0.3) is 0 Å². The minimum Gasteiger partial charge on any atom is -0.507 e. The highest BCUT2D eigenvalue weighted by Crippen LogP contribution is 2.45. The molecule has 0 aromatic heterocycles. The summed E-state index contributed by atoms with van der Waals surface area (Å²) in [6.07, 6.45) is 8.08. The van der Waals surface area contributed by atoms with Crippen molar-refractivity contribution < 1.29 is 9.84 Å². The van der Waals surface area contributed by atoms with E-state index in [-0.39, 0.29) is 11.5 Å². The number of unbranched alkanes of at least 4 members (excludes halogenated alkanes) is 3. The summed E-state index contributed by atoms with van der Waals surface area (Å²) in [5, 5.41) is 10.9. The topological polar surface area (TPSA) is 29.5 Å². The van der Waals surface area contributed by atoms with Crippen molar-refractivity contribution >= 4 is 5.57 Å². The van der Waals surface area contributed by atoms with Crippen molar-refractivity contribution in [3.8, 4) is 11.5 Å². The van der Waals surface area contributed by atoms with E-state index in [9.17, 15) is 5.11 Å². The van der Waals surface area contributed by atoms with Crippen molar-refractivity contribution in [1.29, 1.82) is 0 Å². The van der Waals surface area contributed by atoms with Gasteiger partial charge in [0.1, 0.15) is 17.1 Å². The molecule has 3 rings (SSSR count). The number of benzene rings is 2. The van der Waals surface area contributed by atoms with Gasteiger partial charge in [0.2, 0.25) is 0 Å². The van der Waals surface area contributed by atoms with Crippen LogP contribution in [-0.2, 0) is 6.42 Å². The van der Waals surface area contributed by atoms with Gasteiger partial charge in [-0.3, -0.25) is 0 Å². The van der Waals surface area contributed by atoms with Crippen LogP contribution in [0.2, 0.25) is 0 Å². The molecule has 2 heteroatoms. The summed E-state index contributed by atoms with van der Waals surface area (Å²) in [5.74, 6) is 1.33. The minimum atomic E-state index is -0.335. The summed E-state index contributed by atoms with van der Waals surface area (Å²) in [4.78, 5) is 0. The smallest absolute Gasteiger partial charge is 0.131 e. The zero-order valence-corrected chi connectivity index (χ0v) is 17.1. The van der Waals surface area contributed by atoms with Crippen molar-refractivity contribution in [2.75, 3.05) is 0 Å². The SMILES string of the molecule is CCCCCCc1cc(O)c2c(c1)OC(C)(C)C(C)C=C2c1ccccc1. The second-order valence-electron chi connectivity index (χ2n) is 8.24. The number of fused-ring (bicyclic) bond motifs is 1. The van der Waals surface area contributed by atoms with Crippen LogP contribution in [0.5, 0.6) is 11.5 Å². The third-order valence-electron chi connectivity index (χ3n) is 5.70. The first-order chi connectivity index (χ1) is 12.9. The van der Waals surface area contributed by atoms with Gasteiger partial charge in [0, 0.05) is 5.92 Å². The second kappa shape index (κ2) is 8.21. The Labute approximate surface area is 163 Å². The molecule has 2 aromatic rings. The zero-order chi connectivity index (χ0) is 19.4. The lowest BCUT2D eigenvalue weighted by Gasteiger charge is -2.30. The van der Waals surface area contributed by atoms with Crippen LogP contribution < -0.4 is 4.74 Å². The van der Waals surface area contributed by atoms with Crippen LogP contribution in [0.1, 0.15) is 70.1 Å². The Balaban J connectivity index is 2.04. The zero-order valence-electron chi connectivity index (χ0n) is 17.1. The van der Waals surface area contributed by atoms with Gasteiger partial charge in [-0.1, -0.05) is 69.5 Å². The Morgan fingerprint density at radius 2 is 1.78 bits per heavy atom. The summed E-state index contributed by atoms with van der Waals surface area (Å²) >= 11 is 0. The first-order valence-electron chi connectivity index (χ1n) is 10.2. The molecule has 0 saturated carbocycles. The second-order valence-corrected chi connectivity index (χ2v) is 8.24. The number of ether oxygens (including phenoxy) is 1. The van der Waals surface area contributed by atoms with Gasteiger partial charge < -0.3 is 9.84 Å². The van der Waals surface area contributed by atoms with Gasteiger partial charge >= 0.3 is 0 Å². The van der Waals surface area contributed by atoms with Crippen LogP contribution in [-0.4, -0.2) is 10.7 Å². The normalized spacial score (nSPS) is 18.2. The Morgan fingerprint density at radius 1 is 1.04 bits per heavy atom. The van der Waals surface area contributed by atoms with E-state index >= 15 is 0 Å². The largest absolute Gasteiger partial charge is 0.507 e. The molecule has 0 spiro atoms. The number of aryl methyl sites for hydroxylation is 1. The first kappa shape index (κ1) is 19.5. The maximum Gasteiger partial charge on any atom is 0.131 e.